The van der Waals surface area contributed by atoms with Gasteiger partial charge in [-0.15, -0.1) is 24.8 Å². The van der Waals surface area contributed by atoms with Crippen molar-refractivity contribution >= 4 is 47.7 Å². The van der Waals surface area contributed by atoms with Gasteiger partial charge >= 0.3 is 0 Å². The molecule has 3 rings (SSSR count). The van der Waals surface area contributed by atoms with Gasteiger partial charge < -0.3 is 20.5 Å². The van der Waals surface area contributed by atoms with Crippen molar-refractivity contribution < 1.29 is 4.79 Å². The molecule has 8 nitrogen and oxygen atoms in total. The number of aromatic amines is 1. The van der Waals surface area contributed by atoms with E-state index >= 15 is 0 Å². The largest absolute Gasteiger partial charge is 0.348 e. The summed E-state index contributed by atoms with van der Waals surface area (Å²) in [6, 6.07) is 10.1. The minimum atomic E-state index is 0. The Hall–Kier alpha value is -2.42. The molecule has 0 saturated heterocycles. The second-order valence-corrected chi connectivity index (χ2v) is 6.06. The Kier molecular flexibility index (Phi) is 9.64. The monoisotopic (exact) mass is 425 g/mol. The third-order valence-electron chi connectivity index (χ3n) is 4.20. The number of nitrogens with two attached hydrogens (primary N) is 1. The molecule has 3 aromatic rings. The third-order valence-corrected chi connectivity index (χ3v) is 4.20. The molecule has 0 atom stereocenters. The van der Waals surface area contributed by atoms with Gasteiger partial charge in [-0.1, -0.05) is 30.3 Å². The number of likely N-dealkylation sites (N-methyl/N-ethyl adjacent to an activating group) is 1. The molecule has 0 aliphatic rings. The molecule has 28 heavy (non-hydrogen) atoms. The van der Waals surface area contributed by atoms with Gasteiger partial charge in [0, 0.05) is 26.7 Å². The Morgan fingerprint density at radius 1 is 1.11 bits per heavy atom. The molecule has 10 heteroatoms. The lowest BCUT2D eigenvalue weighted by molar-refractivity contribution is -0.129. The van der Waals surface area contributed by atoms with E-state index in [-0.39, 0.29) is 37.3 Å². The van der Waals surface area contributed by atoms with E-state index in [2.05, 4.69) is 32.1 Å². The summed E-state index contributed by atoms with van der Waals surface area (Å²) in [7, 11) is 1.83. The average molecular weight is 426 g/mol. The highest BCUT2D eigenvalue weighted by Gasteiger charge is 2.18. The number of benzene rings is 1. The lowest BCUT2D eigenvalue weighted by Gasteiger charge is -2.25. The molecule has 1 aromatic carbocycles. The second-order valence-electron chi connectivity index (χ2n) is 6.06. The molecular weight excluding hydrogens is 401 g/mol. The summed E-state index contributed by atoms with van der Waals surface area (Å²) in [6.45, 7) is 1.81. The molecule has 3 N–H and O–H groups in total. The van der Waals surface area contributed by atoms with Crippen molar-refractivity contribution in [1.29, 1.82) is 0 Å². The highest BCUT2D eigenvalue weighted by Crippen LogP contribution is 2.18. The second kappa shape index (κ2) is 11.4. The Balaban J connectivity index is 0.00000196. The first-order valence-electron chi connectivity index (χ1n) is 8.56. The van der Waals surface area contributed by atoms with Crippen molar-refractivity contribution in [3.05, 3.63) is 48.5 Å². The van der Waals surface area contributed by atoms with Crippen LogP contribution in [0.1, 0.15) is 5.56 Å². The van der Waals surface area contributed by atoms with Crippen molar-refractivity contribution in [2.45, 2.75) is 6.42 Å². The number of amides is 1. The Bertz CT molecular complexity index is 859. The Morgan fingerprint density at radius 2 is 1.86 bits per heavy atom. The van der Waals surface area contributed by atoms with Crippen LogP contribution in [-0.2, 0) is 11.2 Å². The fourth-order valence-electron chi connectivity index (χ4n) is 2.85. The first kappa shape index (κ1) is 23.6. The van der Waals surface area contributed by atoms with Gasteiger partial charge in [-0.05, 0) is 12.0 Å². The standard InChI is InChI=1S/C18H23N7O.2ClH/c1-24(18-16-17(21-12-20-16)22-13-23-18)11-15(26)25(10-8-19)9-7-14-5-3-2-4-6-14;;/h2-6,12-13H,7-11,19H2,1H3,(H,20,21,22,23);2*1H. The van der Waals surface area contributed by atoms with Gasteiger partial charge in [0.05, 0.1) is 12.9 Å². The number of nitrogens with zero attached hydrogens (tertiary/aromatic N) is 5. The first-order chi connectivity index (χ1) is 12.7. The molecule has 1 amide bonds. The number of imidazole rings is 1. The highest BCUT2D eigenvalue weighted by molar-refractivity contribution is 5.87. The molecule has 0 saturated carbocycles. The van der Waals surface area contributed by atoms with Gasteiger partial charge in [0.15, 0.2) is 11.5 Å². The number of halogens is 2. The lowest BCUT2D eigenvalue weighted by Crippen LogP contribution is -2.42. The molecule has 0 aliphatic carbocycles. The zero-order valence-corrected chi connectivity index (χ0v) is 17.2. The molecule has 2 aromatic heterocycles. The zero-order chi connectivity index (χ0) is 18.4. The fourth-order valence-corrected chi connectivity index (χ4v) is 2.85. The summed E-state index contributed by atoms with van der Waals surface area (Å²) in [4.78, 5) is 31.9. The normalized spacial score (nSPS) is 10.1. The summed E-state index contributed by atoms with van der Waals surface area (Å²) < 4.78 is 0. The summed E-state index contributed by atoms with van der Waals surface area (Å²) in [5.74, 6) is 0.664. The number of aromatic nitrogens is 4. The summed E-state index contributed by atoms with van der Waals surface area (Å²) in [5, 5.41) is 0. The number of fused-ring (bicyclic) bond motifs is 1. The van der Waals surface area contributed by atoms with Crippen LogP contribution in [0.5, 0.6) is 0 Å². The number of hydrogen-bond acceptors (Lipinski definition) is 6. The van der Waals surface area contributed by atoms with Crippen LogP contribution < -0.4 is 10.6 Å². The van der Waals surface area contributed by atoms with E-state index in [1.54, 1.807) is 16.1 Å². The molecule has 0 radical (unpaired) electrons. The van der Waals surface area contributed by atoms with Gasteiger partial charge in [-0.25, -0.2) is 15.0 Å². The van der Waals surface area contributed by atoms with E-state index in [4.69, 9.17) is 5.73 Å². The van der Waals surface area contributed by atoms with Crippen molar-refractivity contribution in [3.8, 4) is 0 Å². The number of rotatable bonds is 8. The SMILES string of the molecule is CN(CC(=O)N(CCN)CCc1ccccc1)c1ncnc2nc[nH]c12.Cl.Cl. The van der Waals surface area contributed by atoms with Crippen molar-refractivity contribution in [3.63, 3.8) is 0 Å². The van der Waals surface area contributed by atoms with Crippen LogP contribution in [-0.4, -0.2) is 64.0 Å². The molecule has 2 heterocycles. The van der Waals surface area contributed by atoms with Crippen LogP contribution >= 0.6 is 24.8 Å². The maximum absolute atomic E-state index is 12.8. The maximum Gasteiger partial charge on any atom is 0.242 e. The molecule has 0 spiro atoms. The Labute approximate surface area is 176 Å². The van der Waals surface area contributed by atoms with Crippen molar-refractivity contribution in [2.24, 2.45) is 5.73 Å². The van der Waals surface area contributed by atoms with E-state index in [0.717, 1.165) is 11.9 Å². The van der Waals surface area contributed by atoms with Crippen LogP contribution in [0.15, 0.2) is 43.0 Å². The Morgan fingerprint density at radius 3 is 2.57 bits per heavy atom. The van der Waals surface area contributed by atoms with Gasteiger partial charge in [0.1, 0.15) is 11.8 Å². The van der Waals surface area contributed by atoms with Gasteiger partial charge in [-0.3, -0.25) is 4.79 Å². The number of H-pyrrole nitrogens is 1. The number of carbonyl (C=O) groups is 1. The number of carbonyl (C=O) groups excluding carboxylic acids is 1. The van der Waals surface area contributed by atoms with E-state index < -0.39 is 0 Å². The van der Waals surface area contributed by atoms with Crippen LogP contribution in [0.25, 0.3) is 11.2 Å². The minimum Gasteiger partial charge on any atom is -0.348 e. The summed E-state index contributed by atoms with van der Waals surface area (Å²) >= 11 is 0. The lowest BCUT2D eigenvalue weighted by atomic mass is 10.1. The van der Waals surface area contributed by atoms with Crippen LogP contribution in [0.4, 0.5) is 5.82 Å². The van der Waals surface area contributed by atoms with Crippen molar-refractivity contribution in [1.82, 2.24) is 24.8 Å². The predicted molar refractivity (Wildman–Crippen MR) is 115 cm³/mol. The van der Waals surface area contributed by atoms with Crippen LogP contribution in [0, 0.1) is 0 Å². The van der Waals surface area contributed by atoms with Gasteiger partial charge in [-0.2, -0.15) is 0 Å². The number of nitrogens with one attached hydrogen (secondary N) is 1. The topological polar surface area (TPSA) is 104 Å². The van der Waals surface area contributed by atoms with E-state index in [1.165, 1.54) is 11.9 Å². The molecule has 152 valence electrons. The number of anilines is 1. The maximum atomic E-state index is 12.8. The van der Waals surface area contributed by atoms with E-state index in [9.17, 15) is 4.79 Å². The predicted octanol–water partition coefficient (Wildman–Crippen LogP) is 1.66. The molecule has 0 bridgehead atoms. The van der Waals surface area contributed by atoms with Gasteiger partial charge in [0.25, 0.3) is 0 Å². The first-order valence-corrected chi connectivity index (χ1v) is 8.56. The van der Waals surface area contributed by atoms with E-state index in [0.29, 0.717) is 31.1 Å². The van der Waals surface area contributed by atoms with Crippen LogP contribution in [0.2, 0.25) is 0 Å². The zero-order valence-electron chi connectivity index (χ0n) is 15.6. The number of hydrogen-bond donors (Lipinski definition) is 2. The smallest absolute Gasteiger partial charge is 0.242 e. The van der Waals surface area contributed by atoms with E-state index in [1.807, 2.05) is 25.2 Å². The van der Waals surface area contributed by atoms with Crippen molar-refractivity contribution in [2.75, 3.05) is 38.1 Å². The highest BCUT2D eigenvalue weighted by atomic mass is 35.5. The fraction of sp³-hybridized carbons (Fsp3) is 0.333. The van der Waals surface area contributed by atoms with Gasteiger partial charge in [0.2, 0.25) is 5.91 Å². The quantitative estimate of drug-likeness (QED) is 0.568. The molecule has 0 aliphatic heterocycles. The van der Waals surface area contributed by atoms with Crippen LogP contribution in [0.3, 0.4) is 0 Å². The summed E-state index contributed by atoms with van der Waals surface area (Å²) in [6.07, 6.45) is 3.82. The molecule has 0 fully saturated rings. The molecular formula is C18H25Cl2N7O. The molecule has 0 unspecified atom stereocenters. The minimum absolute atomic E-state index is 0. The summed E-state index contributed by atoms with van der Waals surface area (Å²) in [5.41, 5.74) is 8.20. The average Bonchev–Trinajstić information content (AvgIpc) is 3.14. The third kappa shape index (κ3) is 5.79.